The minimum absolute atomic E-state index is 0.0550. The van der Waals surface area contributed by atoms with E-state index >= 15 is 0 Å². The number of hydroxylamine groups is 2. The van der Waals surface area contributed by atoms with Gasteiger partial charge in [0.1, 0.15) is 9.84 Å². The lowest BCUT2D eigenvalue weighted by atomic mass is 10.1. The van der Waals surface area contributed by atoms with Crippen molar-refractivity contribution in [1.29, 1.82) is 0 Å². The van der Waals surface area contributed by atoms with Crippen molar-refractivity contribution in [2.24, 2.45) is 0 Å². The standard InChI is InChI=1S/C18H15NO8S2/c1-28(23,24)10-11-29(25,26)15-9-5-4-8-14(15)18(22)27-19-16(20)12-6-2-3-7-13(12)17(19)21/h2-9H,10-11H2,1H3. The molecule has 29 heavy (non-hydrogen) atoms. The number of amides is 2. The Morgan fingerprint density at radius 1 is 0.862 bits per heavy atom. The van der Waals surface area contributed by atoms with Gasteiger partial charge in [-0.2, -0.15) is 0 Å². The van der Waals surface area contributed by atoms with E-state index in [1.165, 1.54) is 24.3 Å². The molecule has 3 rings (SSSR count). The van der Waals surface area contributed by atoms with Crippen LogP contribution in [-0.2, 0) is 24.5 Å². The summed E-state index contributed by atoms with van der Waals surface area (Å²) < 4.78 is 47.7. The zero-order valence-corrected chi connectivity index (χ0v) is 16.7. The molecule has 2 aromatic rings. The van der Waals surface area contributed by atoms with Gasteiger partial charge in [-0.25, -0.2) is 21.6 Å². The number of fused-ring (bicyclic) bond motifs is 1. The monoisotopic (exact) mass is 437 g/mol. The van der Waals surface area contributed by atoms with Crippen molar-refractivity contribution in [1.82, 2.24) is 5.06 Å². The zero-order valence-electron chi connectivity index (χ0n) is 15.1. The molecule has 1 aliphatic heterocycles. The van der Waals surface area contributed by atoms with Gasteiger partial charge in [0, 0.05) is 6.26 Å². The van der Waals surface area contributed by atoms with Crippen LogP contribution in [0.4, 0.5) is 0 Å². The van der Waals surface area contributed by atoms with E-state index in [9.17, 15) is 31.2 Å². The normalized spacial score (nSPS) is 14.0. The molecule has 0 aromatic heterocycles. The van der Waals surface area contributed by atoms with Crippen LogP contribution >= 0.6 is 0 Å². The van der Waals surface area contributed by atoms with Gasteiger partial charge in [-0.15, -0.1) is 0 Å². The predicted octanol–water partition coefficient (Wildman–Crippen LogP) is 0.873. The third-order valence-electron chi connectivity index (χ3n) is 4.10. The van der Waals surface area contributed by atoms with E-state index in [-0.39, 0.29) is 16.2 Å². The van der Waals surface area contributed by atoms with E-state index in [0.29, 0.717) is 0 Å². The van der Waals surface area contributed by atoms with Gasteiger partial charge >= 0.3 is 5.97 Å². The van der Waals surface area contributed by atoms with E-state index < -0.39 is 59.4 Å². The van der Waals surface area contributed by atoms with Crippen molar-refractivity contribution < 1.29 is 36.1 Å². The van der Waals surface area contributed by atoms with Crippen LogP contribution in [0.25, 0.3) is 0 Å². The Kier molecular flexibility index (Phi) is 5.28. The van der Waals surface area contributed by atoms with Crippen molar-refractivity contribution in [2.45, 2.75) is 4.90 Å². The number of benzene rings is 2. The van der Waals surface area contributed by atoms with Gasteiger partial charge in [0.05, 0.1) is 33.1 Å². The number of carbonyl (C=O) groups excluding carboxylic acids is 3. The van der Waals surface area contributed by atoms with Crippen LogP contribution in [0, 0.1) is 0 Å². The molecule has 0 fully saturated rings. The van der Waals surface area contributed by atoms with Crippen LogP contribution in [0.5, 0.6) is 0 Å². The van der Waals surface area contributed by atoms with Crippen molar-refractivity contribution in [2.75, 3.05) is 17.8 Å². The summed E-state index contributed by atoms with van der Waals surface area (Å²) in [7, 11) is -7.71. The summed E-state index contributed by atoms with van der Waals surface area (Å²) in [5.74, 6) is -4.30. The van der Waals surface area contributed by atoms with Gasteiger partial charge in [-0.3, -0.25) is 9.59 Å². The number of sulfone groups is 2. The molecule has 0 N–H and O–H groups in total. The molecular formula is C18H15NO8S2. The quantitative estimate of drug-likeness (QED) is 0.608. The Balaban J connectivity index is 1.88. The Bertz CT molecular complexity index is 1200. The van der Waals surface area contributed by atoms with Crippen molar-refractivity contribution in [3.8, 4) is 0 Å². The maximum Gasteiger partial charge on any atom is 0.365 e. The first kappa shape index (κ1) is 20.7. The lowest BCUT2D eigenvalue weighted by Crippen LogP contribution is -2.33. The van der Waals surface area contributed by atoms with Crippen LogP contribution in [0.1, 0.15) is 31.1 Å². The van der Waals surface area contributed by atoms with E-state index in [1.54, 1.807) is 12.1 Å². The second kappa shape index (κ2) is 7.41. The highest BCUT2D eigenvalue weighted by molar-refractivity contribution is 7.94. The van der Waals surface area contributed by atoms with Crippen LogP contribution in [0.15, 0.2) is 53.4 Å². The molecule has 1 heterocycles. The molecule has 0 unspecified atom stereocenters. The minimum atomic E-state index is -4.15. The molecule has 0 atom stereocenters. The first-order chi connectivity index (χ1) is 13.5. The molecule has 0 spiro atoms. The Labute approximate surface area is 166 Å². The fourth-order valence-electron chi connectivity index (χ4n) is 2.66. The molecular weight excluding hydrogens is 422 g/mol. The Hall–Kier alpha value is -3.05. The zero-order chi connectivity index (χ0) is 21.4. The van der Waals surface area contributed by atoms with Crippen LogP contribution in [0.2, 0.25) is 0 Å². The van der Waals surface area contributed by atoms with E-state index in [1.807, 2.05) is 0 Å². The summed E-state index contributed by atoms with van der Waals surface area (Å²) >= 11 is 0. The van der Waals surface area contributed by atoms with E-state index in [2.05, 4.69) is 0 Å². The molecule has 2 aromatic carbocycles. The molecule has 2 amide bonds. The average molecular weight is 437 g/mol. The smallest absolute Gasteiger partial charge is 0.324 e. The molecule has 0 bridgehead atoms. The largest absolute Gasteiger partial charge is 0.365 e. The number of nitrogens with zero attached hydrogens (tertiary/aromatic N) is 1. The summed E-state index contributed by atoms with van der Waals surface area (Å²) in [5.41, 5.74) is -0.309. The lowest BCUT2D eigenvalue weighted by Gasteiger charge is -2.14. The number of hydrogen-bond donors (Lipinski definition) is 0. The maximum absolute atomic E-state index is 12.6. The predicted molar refractivity (Wildman–Crippen MR) is 101 cm³/mol. The number of carbonyl (C=O) groups is 3. The van der Waals surface area contributed by atoms with E-state index in [4.69, 9.17) is 4.84 Å². The van der Waals surface area contributed by atoms with Gasteiger partial charge in [0.15, 0.2) is 9.84 Å². The van der Waals surface area contributed by atoms with Crippen LogP contribution in [0.3, 0.4) is 0 Å². The molecule has 0 radical (unpaired) electrons. The van der Waals surface area contributed by atoms with E-state index in [0.717, 1.165) is 18.4 Å². The SMILES string of the molecule is CS(=O)(=O)CCS(=O)(=O)c1ccccc1C(=O)ON1C(=O)c2ccccc2C1=O. The fraction of sp³-hybridized carbons (Fsp3) is 0.167. The summed E-state index contributed by atoms with van der Waals surface area (Å²) in [6.45, 7) is 0. The molecule has 152 valence electrons. The molecule has 1 aliphatic rings. The minimum Gasteiger partial charge on any atom is -0.324 e. The summed E-state index contributed by atoms with van der Waals surface area (Å²) in [5, 5.41) is 0.271. The highest BCUT2D eigenvalue weighted by Crippen LogP contribution is 2.25. The molecule has 9 nitrogen and oxygen atoms in total. The molecule has 0 aliphatic carbocycles. The fourth-order valence-corrected chi connectivity index (χ4v) is 5.74. The highest BCUT2D eigenvalue weighted by atomic mass is 32.2. The van der Waals surface area contributed by atoms with Crippen LogP contribution < -0.4 is 0 Å². The van der Waals surface area contributed by atoms with Gasteiger partial charge in [-0.1, -0.05) is 29.3 Å². The number of hydrogen-bond acceptors (Lipinski definition) is 8. The number of rotatable bonds is 6. The third kappa shape index (κ3) is 4.20. The van der Waals surface area contributed by atoms with Gasteiger partial charge in [0.25, 0.3) is 11.8 Å². The Morgan fingerprint density at radius 3 is 1.93 bits per heavy atom. The third-order valence-corrected chi connectivity index (χ3v) is 7.07. The van der Waals surface area contributed by atoms with Crippen molar-refractivity contribution in [3.05, 3.63) is 65.2 Å². The van der Waals surface area contributed by atoms with Gasteiger partial charge in [0.2, 0.25) is 0 Å². The van der Waals surface area contributed by atoms with Gasteiger partial charge < -0.3 is 4.84 Å². The molecule has 0 saturated carbocycles. The summed E-state index contributed by atoms with van der Waals surface area (Å²) in [6, 6.07) is 10.9. The first-order valence-corrected chi connectivity index (χ1v) is 11.9. The second-order valence-corrected chi connectivity index (χ2v) is 10.6. The molecule has 0 saturated heterocycles. The Morgan fingerprint density at radius 2 is 1.38 bits per heavy atom. The lowest BCUT2D eigenvalue weighted by molar-refractivity contribution is -0.0587. The van der Waals surface area contributed by atoms with Crippen molar-refractivity contribution >= 4 is 37.5 Å². The number of imide groups is 1. The van der Waals surface area contributed by atoms with Crippen LogP contribution in [-0.4, -0.2) is 57.4 Å². The summed E-state index contributed by atoms with van der Waals surface area (Å²) in [6.07, 6.45) is 0.894. The average Bonchev–Trinajstić information content (AvgIpc) is 2.91. The van der Waals surface area contributed by atoms with Gasteiger partial charge in [-0.05, 0) is 24.3 Å². The maximum atomic E-state index is 12.6. The topological polar surface area (TPSA) is 132 Å². The van der Waals surface area contributed by atoms with Crippen molar-refractivity contribution in [3.63, 3.8) is 0 Å². The molecule has 11 heteroatoms. The second-order valence-electron chi connectivity index (χ2n) is 6.27. The highest BCUT2D eigenvalue weighted by Gasteiger charge is 2.39. The first-order valence-electron chi connectivity index (χ1n) is 8.21. The summed E-state index contributed by atoms with van der Waals surface area (Å²) in [4.78, 5) is 41.6.